The zero-order chi connectivity index (χ0) is 11.8. The molecule has 0 aliphatic rings. The minimum absolute atomic E-state index is 0.620. The first-order chi connectivity index (χ1) is 8.25. The Morgan fingerprint density at radius 3 is 2.94 bits per heavy atom. The fourth-order valence-corrected chi connectivity index (χ4v) is 2.31. The molecule has 0 bridgehead atoms. The molecule has 2 heterocycles. The number of imidazole rings is 1. The number of hydrogen-bond acceptors (Lipinski definition) is 5. The van der Waals surface area contributed by atoms with E-state index in [0.717, 1.165) is 22.6 Å². The number of aryl methyl sites for hydroxylation is 1. The Morgan fingerprint density at radius 1 is 1.35 bits per heavy atom. The molecule has 0 spiro atoms. The minimum atomic E-state index is 0.620. The zero-order valence-corrected chi connectivity index (χ0v) is 10.1. The van der Waals surface area contributed by atoms with Crippen molar-refractivity contribution in [3.05, 3.63) is 35.8 Å². The van der Waals surface area contributed by atoms with Crippen LogP contribution in [0.4, 0.5) is 5.00 Å². The molecule has 5 nitrogen and oxygen atoms in total. The van der Waals surface area contributed by atoms with Crippen LogP contribution < -0.4 is 5.73 Å². The van der Waals surface area contributed by atoms with Crippen LogP contribution in [0.15, 0.2) is 24.3 Å². The van der Waals surface area contributed by atoms with Gasteiger partial charge in [0.25, 0.3) is 0 Å². The average Bonchev–Trinajstić information content (AvgIpc) is 2.85. The van der Waals surface area contributed by atoms with Gasteiger partial charge in [0.15, 0.2) is 0 Å². The third kappa shape index (κ3) is 1.66. The fraction of sp³-hybridized carbons (Fsp3) is 0.182. The van der Waals surface area contributed by atoms with Gasteiger partial charge in [-0.05, 0) is 19.1 Å². The van der Waals surface area contributed by atoms with Crippen molar-refractivity contribution in [3.8, 4) is 0 Å². The molecule has 0 unspecified atom stereocenters. The van der Waals surface area contributed by atoms with Crippen LogP contribution in [-0.2, 0) is 6.54 Å². The molecular weight excluding hydrogens is 234 g/mol. The first kappa shape index (κ1) is 10.2. The maximum Gasteiger partial charge on any atom is 0.132 e. The maximum absolute atomic E-state index is 5.81. The minimum Gasteiger partial charge on any atom is -0.388 e. The lowest BCUT2D eigenvalue weighted by atomic mass is 10.3. The van der Waals surface area contributed by atoms with Gasteiger partial charge in [-0.25, -0.2) is 4.98 Å². The first-order valence-corrected chi connectivity index (χ1v) is 6.01. The standard InChI is InChI=1S/C11H11N5S/c1-7-13-8-4-2-3-5-10(8)16(7)6-9-11(12)17-15-14-9/h2-5H,6,12H2,1H3. The van der Waals surface area contributed by atoms with Crippen LogP contribution in [-0.4, -0.2) is 19.1 Å². The van der Waals surface area contributed by atoms with Crippen LogP contribution in [0, 0.1) is 6.92 Å². The largest absolute Gasteiger partial charge is 0.388 e. The molecular formula is C11H11N5S. The smallest absolute Gasteiger partial charge is 0.132 e. The molecule has 17 heavy (non-hydrogen) atoms. The third-order valence-corrected chi connectivity index (χ3v) is 3.33. The van der Waals surface area contributed by atoms with E-state index in [9.17, 15) is 0 Å². The molecule has 0 amide bonds. The third-order valence-electron chi connectivity index (χ3n) is 2.74. The summed E-state index contributed by atoms with van der Waals surface area (Å²) >= 11 is 1.22. The highest BCUT2D eigenvalue weighted by Crippen LogP contribution is 2.20. The van der Waals surface area contributed by atoms with E-state index >= 15 is 0 Å². The van der Waals surface area contributed by atoms with Crippen molar-refractivity contribution in [2.24, 2.45) is 0 Å². The lowest BCUT2D eigenvalue weighted by Crippen LogP contribution is -2.04. The highest BCUT2D eigenvalue weighted by atomic mass is 32.1. The number of aromatic nitrogens is 4. The number of rotatable bonds is 2. The van der Waals surface area contributed by atoms with Crippen molar-refractivity contribution in [1.82, 2.24) is 19.1 Å². The molecule has 0 fully saturated rings. The van der Waals surface area contributed by atoms with E-state index in [-0.39, 0.29) is 0 Å². The second kappa shape index (κ2) is 3.81. The van der Waals surface area contributed by atoms with Crippen molar-refractivity contribution < 1.29 is 0 Å². The average molecular weight is 245 g/mol. The second-order valence-electron chi connectivity index (χ2n) is 3.82. The summed E-state index contributed by atoms with van der Waals surface area (Å²) in [7, 11) is 0. The molecule has 3 rings (SSSR count). The van der Waals surface area contributed by atoms with Crippen LogP contribution in [0.25, 0.3) is 11.0 Å². The topological polar surface area (TPSA) is 69.6 Å². The Morgan fingerprint density at radius 2 is 2.18 bits per heavy atom. The van der Waals surface area contributed by atoms with Crippen LogP contribution >= 0.6 is 11.5 Å². The molecule has 0 atom stereocenters. The van der Waals surface area contributed by atoms with E-state index in [0.29, 0.717) is 11.5 Å². The molecule has 1 aromatic carbocycles. The summed E-state index contributed by atoms with van der Waals surface area (Å²) in [5.74, 6) is 0.957. The van der Waals surface area contributed by atoms with Crippen molar-refractivity contribution in [3.63, 3.8) is 0 Å². The normalized spacial score (nSPS) is 11.1. The monoisotopic (exact) mass is 245 g/mol. The van der Waals surface area contributed by atoms with Gasteiger partial charge in [-0.15, -0.1) is 5.10 Å². The lowest BCUT2D eigenvalue weighted by Gasteiger charge is -2.04. The van der Waals surface area contributed by atoms with Crippen LogP contribution in [0.1, 0.15) is 11.5 Å². The molecule has 0 aliphatic heterocycles. The number of fused-ring (bicyclic) bond motifs is 1. The van der Waals surface area contributed by atoms with Crippen LogP contribution in [0.5, 0.6) is 0 Å². The van der Waals surface area contributed by atoms with Gasteiger partial charge < -0.3 is 10.3 Å². The number of anilines is 1. The highest BCUT2D eigenvalue weighted by molar-refractivity contribution is 7.09. The quantitative estimate of drug-likeness (QED) is 0.747. The fourth-order valence-electron chi connectivity index (χ4n) is 1.87. The van der Waals surface area contributed by atoms with E-state index in [1.807, 2.05) is 31.2 Å². The molecule has 0 aliphatic carbocycles. The van der Waals surface area contributed by atoms with E-state index in [1.54, 1.807) is 0 Å². The maximum atomic E-state index is 5.81. The van der Waals surface area contributed by atoms with E-state index in [4.69, 9.17) is 5.73 Å². The molecule has 2 N–H and O–H groups in total. The molecule has 3 aromatic rings. The van der Waals surface area contributed by atoms with Gasteiger partial charge in [-0.1, -0.05) is 16.6 Å². The number of nitrogens with two attached hydrogens (primary N) is 1. The highest BCUT2D eigenvalue weighted by Gasteiger charge is 2.10. The van der Waals surface area contributed by atoms with Gasteiger partial charge in [0.2, 0.25) is 0 Å². The summed E-state index contributed by atoms with van der Waals surface area (Å²) in [5.41, 5.74) is 8.70. The second-order valence-corrected chi connectivity index (χ2v) is 4.60. The predicted molar refractivity (Wildman–Crippen MR) is 67.9 cm³/mol. The van der Waals surface area contributed by atoms with Crippen molar-refractivity contribution in [2.75, 3.05) is 5.73 Å². The molecule has 0 saturated heterocycles. The number of nitrogen functional groups attached to an aromatic ring is 1. The Balaban J connectivity index is 2.11. The Hall–Kier alpha value is -1.95. The molecule has 0 radical (unpaired) electrons. The SMILES string of the molecule is Cc1nc2ccccc2n1Cc1nnsc1N. The number of benzene rings is 1. The summed E-state index contributed by atoms with van der Waals surface area (Å²) in [4.78, 5) is 4.50. The molecule has 86 valence electrons. The molecule has 6 heteroatoms. The summed E-state index contributed by atoms with van der Waals surface area (Å²) in [6, 6.07) is 8.04. The summed E-state index contributed by atoms with van der Waals surface area (Å²) in [6.45, 7) is 2.60. The van der Waals surface area contributed by atoms with Gasteiger partial charge in [-0.2, -0.15) is 0 Å². The van der Waals surface area contributed by atoms with Gasteiger partial charge in [0.1, 0.15) is 16.5 Å². The number of hydrogen-bond donors (Lipinski definition) is 1. The van der Waals surface area contributed by atoms with Crippen molar-refractivity contribution in [1.29, 1.82) is 0 Å². The van der Waals surface area contributed by atoms with E-state index < -0.39 is 0 Å². The first-order valence-electron chi connectivity index (χ1n) is 5.24. The van der Waals surface area contributed by atoms with Gasteiger partial charge in [0.05, 0.1) is 17.6 Å². The van der Waals surface area contributed by atoms with Crippen LogP contribution in [0.3, 0.4) is 0 Å². The Kier molecular flexibility index (Phi) is 2.29. The predicted octanol–water partition coefficient (Wildman–Crippen LogP) is 1.83. The Bertz CT molecular complexity index is 669. The Labute approximate surface area is 102 Å². The number of para-hydroxylation sites is 2. The zero-order valence-electron chi connectivity index (χ0n) is 9.29. The lowest BCUT2D eigenvalue weighted by molar-refractivity contribution is 0.761. The summed E-state index contributed by atoms with van der Waals surface area (Å²) in [6.07, 6.45) is 0. The van der Waals surface area contributed by atoms with Gasteiger partial charge >= 0.3 is 0 Å². The van der Waals surface area contributed by atoms with E-state index in [1.165, 1.54) is 11.5 Å². The number of nitrogens with zero attached hydrogens (tertiary/aromatic N) is 4. The van der Waals surface area contributed by atoms with Crippen molar-refractivity contribution in [2.45, 2.75) is 13.5 Å². The van der Waals surface area contributed by atoms with E-state index in [2.05, 4.69) is 19.1 Å². The van der Waals surface area contributed by atoms with Gasteiger partial charge in [-0.3, -0.25) is 0 Å². The van der Waals surface area contributed by atoms with Gasteiger partial charge in [0, 0.05) is 11.5 Å². The molecule has 0 saturated carbocycles. The van der Waals surface area contributed by atoms with Crippen LogP contribution in [0.2, 0.25) is 0 Å². The molecule has 2 aromatic heterocycles. The summed E-state index contributed by atoms with van der Waals surface area (Å²) < 4.78 is 5.94. The summed E-state index contributed by atoms with van der Waals surface area (Å²) in [5, 5.41) is 4.70. The van der Waals surface area contributed by atoms with Crippen molar-refractivity contribution >= 4 is 27.6 Å².